The van der Waals surface area contributed by atoms with Gasteiger partial charge >= 0.3 is 0 Å². The number of pyridine rings is 1. The van der Waals surface area contributed by atoms with Crippen LogP contribution in [0.25, 0.3) is 0 Å². The predicted molar refractivity (Wildman–Crippen MR) is 48.5 cm³/mol. The van der Waals surface area contributed by atoms with Crippen LogP contribution in [0.2, 0.25) is 0 Å². The lowest BCUT2D eigenvalue weighted by molar-refractivity contribution is 0.111. The van der Waals surface area contributed by atoms with E-state index >= 15 is 0 Å². The van der Waals surface area contributed by atoms with Gasteiger partial charge in [0.25, 0.3) is 0 Å². The Labute approximate surface area is 78.9 Å². The van der Waals surface area contributed by atoms with Gasteiger partial charge in [0.2, 0.25) is 5.88 Å². The van der Waals surface area contributed by atoms with E-state index in [1.54, 1.807) is 12.1 Å². The number of hydrogen-bond acceptors (Lipinski definition) is 3. The Morgan fingerprint density at radius 2 is 2.42 bits per heavy atom. The Bertz CT molecular complexity index is 288. The van der Waals surface area contributed by atoms with Gasteiger partial charge in [0, 0.05) is 0 Å². The molecule has 64 valence electrons. The first-order valence-electron chi connectivity index (χ1n) is 3.52. The van der Waals surface area contributed by atoms with Gasteiger partial charge in [-0.1, -0.05) is 0 Å². The summed E-state index contributed by atoms with van der Waals surface area (Å²) in [5.74, 6) is 0.377. The summed E-state index contributed by atoms with van der Waals surface area (Å²) in [6, 6.07) is 3.36. The molecule has 0 saturated heterocycles. The fraction of sp³-hybridized carbons (Fsp3) is 0.250. The second-order valence-corrected chi connectivity index (χ2v) is 2.89. The average Bonchev–Trinajstić information content (AvgIpc) is 2.05. The Morgan fingerprint density at radius 3 is 3.00 bits per heavy atom. The van der Waals surface area contributed by atoms with Crippen LogP contribution in [0.4, 0.5) is 0 Å². The van der Waals surface area contributed by atoms with E-state index in [-0.39, 0.29) is 0 Å². The molecule has 1 rings (SSSR count). The van der Waals surface area contributed by atoms with Gasteiger partial charge in [-0.3, -0.25) is 4.79 Å². The van der Waals surface area contributed by atoms with E-state index < -0.39 is 0 Å². The standard InChI is InChI=1S/C8H8BrNO2/c1-2-12-8-6(5-11)3-4-7(9)10-8/h3-5H,2H2,1H3. The van der Waals surface area contributed by atoms with E-state index in [1.807, 2.05) is 6.92 Å². The molecule has 12 heavy (non-hydrogen) atoms. The largest absolute Gasteiger partial charge is 0.477 e. The highest BCUT2D eigenvalue weighted by atomic mass is 79.9. The summed E-state index contributed by atoms with van der Waals surface area (Å²) < 4.78 is 5.80. The van der Waals surface area contributed by atoms with Crippen molar-refractivity contribution in [3.63, 3.8) is 0 Å². The molecule has 0 atom stereocenters. The number of hydrogen-bond donors (Lipinski definition) is 0. The molecule has 0 aliphatic heterocycles. The minimum Gasteiger partial charge on any atom is -0.477 e. The SMILES string of the molecule is CCOc1nc(Br)ccc1C=O. The molecule has 0 aliphatic carbocycles. The van der Waals surface area contributed by atoms with Crippen LogP contribution in [0, 0.1) is 0 Å². The van der Waals surface area contributed by atoms with E-state index in [0.717, 1.165) is 6.29 Å². The van der Waals surface area contributed by atoms with Crippen LogP contribution in [0.15, 0.2) is 16.7 Å². The molecule has 0 radical (unpaired) electrons. The third-order valence-corrected chi connectivity index (χ3v) is 1.71. The Morgan fingerprint density at radius 1 is 1.67 bits per heavy atom. The maximum absolute atomic E-state index is 10.5. The van der Waals surface area contributed by atoms with E-state index in [4.69, 9.17) is 4.74 Å². The van der Waals surface area contributed by atoms with Gasteiger partial charge in [0.1, 0.15) is 4.60 Å². The number of carbonyl (C=O) groups is 1. The van der Waals surface area contributed by atoms with E-state index in [1.165, 1.54) is 0 Å². The van der Waals surface area contributed by atoms with Crippen molar-refractivity contribution in [3.8, 4) is 5.88 Å². The fourth-order valence-corrected chi connectivity index (χ4v) is 1.06. The molecule has 3 nitrogen and oxygen atoms in total. The zero-order valence-corrected chi connectivity index (χ0v) is 8.17. The van der Waals surface area contributed by atoms with Gasteiger partial charge in [-0.05, 0) is 35.0 Å². The molecule has 0 aliphatic rings. The fourth-order valence-electron chi connectivity index (χ4n) is 0.771. The van der Waals surface area contributed by atoms with Gasteiger partial charge in [-0.25, -0.2) is 4.98 Å². The highest BCUT2D eigenvalue weighted by molar-refractivity contribution is 9.10. The highest BCUT2D eigenvalue weighted by Crippen LogP contribution is 2.17. The Kier molecular flexibility index (Phi) is 3.22. The zero-order valence-electron chi connectivity index (χ0n) is 6.58. The summed E-state index contributed by atoms with van der Waals surface area (Å²) in [5, 5.41) is 0. The summed E-state index contributed by atoms with van der Waals surface area (Å²) in [6.07, 6.45) is 0.727. The topological polar surface area (TPSA) is 39.2 Å². The van der Waals surface area contributed by atoms with Crippen LogP contribution in [-0.4, -0.2) is 17.9 Å². The minimum atomic E-state index is 0.377. The van der Waals surface area contributed by atoms with Crippen molar-refractivity contribution in [2.24, 2.45) is 0 Å². The summed E-state index contributed by atoms with van der Waals surface area (Å²) in [4.78, 5) is 14.5. The molecule has 0 spiro atoms. The molecule has 0 fully saturated rings. The average molecular weight is 230 g/mol. The van der Waals surface area contributed by atoms with Gasteiger partial charge in [-0.2, -0.15) is 0 Å². The molecule has 0 bridgehead atoms. The first-order chi connectivity index (χ1) is 5.77. The lowest BCUT2D eigenvalue weighted by Crippen LogP contribution is -1.98. The van der Waals surface area contributed by atoms with Gasteiger partial charge in [-0.15, -0.1) is 0 Å². The molecule has 0 aromatic carbocycles. The van der Waals surface area contributed by atoms with Gasteiger partial charge < -0.3 is 4.74 Å². The van der Waals surface area contributed by atoms with Crippen molar-refractivity contribution in [1.82, 2.24) is 4.98 Å². The number of aldehydes is 1. The van der Waals surface area contributed by atoms with Crippen molar-refractivity contribution in [3.05, 3.63) is 22.3 Å². The Balaban J connectivity index is 3.03. The quantitative estimate of drug-likeness (QED) is 0.589. The first kappa shape index (κ1) is 9.19. The van der Waals surface area contributed by atoms with Crippen molar-refractivity contribution < 1.29 is 9.53 Å². The molecule has 0 amide bonds. The summed E-state index contributed by atoms with van der Waals surface area (Å²) in [6.45, 7) is 2.35. The first-order valence-corrected chi connectivity index (χ1v) is 4.31. The molecule has 0 saturated carbocycles. The molecule has 1 aromatic heterocycles. The summed E-state index contributed by atoms with van der Waals surface area (Å²) >= 11 is 3.19. The number of aromatic nitrogens is 1. The third-order valence-electron chi connectivity index (χ3n) is 1.26. The molecule has 4 heteroatoms. The van der Waals surface area contributed by atoms with Crippen LogP contribution in [-0.2, 0) is 0 Å². The highest BCUT2D eigenvalue weighted by Gasteiger charge is 2.03. The second-order valence-electron chi connectivity index (χ2n) is 2.08. The number of rotatable bonds is 3. The number of halogens is 1. The summed E-state index contributed by atoms with van der Waals surface area (Å²) in [7, 11) is 0. The van der Waals surface area contributed by atoms with Gasteiger partial charge in [0.05, 0.1) is 12.2 Å². The van der Waals surface area contributed by atoms with Crippen molar-refractivity contribution in [2.45, 2.75) is 6.92 Å². The van der Waals surface area contributed by atoms with Crippen LogP contribution >= 0.6 is 15.9 Å². The predicted octanol–water partition coefficient (Wildman–Crippen LogP) is 2.06. The number of ether oxygens (including phenoxy) is 1. The van der Waals surface area contributed by atoms with Gasteiger partial charge in [0.15, 0.2) is 6.29 Å². The van der Waals surface area contributed by atoms with Crippen molar-refractivity contribution in [1.29, 1.82) is 0 Å². The molecule has 0 unspecified atom stereocenters. The molecule has 1 aromatic rings. The third kappa shape index (κ3) is 2.04. The molecule has 0 N–H and O–H groups in total. The van der Waals surface area contributed by atoms with Crippen LogP contribution < -0.4 is 4.74 Å². The minimum absolute atomic E-state index is 0.377. The lowest BCUT2D eigenvalue weighted by atomic mass is 10.3. The van der Waals surface area contributed by atoms with Crippen LogP contribution in [0.5, 0.6) is 5.88 Å². The monoisotopic (exact) mass is 229 g/mol. The molecule has 1 heterocycles. The number of nitrogens with zero attached hydrogens (tertiary/aromatic N) is 1. The van der Waals surface area contributed by atoms with Crippen LogP contribution in [0.1, 0.15) is 17.3 Å². The van der Waals surface area contributed by atoms with Crippen LogP contribution in [0.3, 0.4) is 0 Å². The maximum atomic E-state index is 10.5. The van der Waals surface area contributed by atoms with E-state index in [0.29, 0.717) is 22.7 Å². The van der Waals surface area contributed by atoms with E-state index in [9.17, 15) is 4.79 Å². The molecular formula is C8H8BrNO2. The maximum Gasteiger partial charge on any atom is 0.225 e. The number of carbonyl (C=O) groups excluding carboxylic acids is 1. The zero-order chi connectivity index (χ0) is 8.97. The smallest absolute Gasteiger partial charge is 0.225 e. The molecular weight excluding hydrogens is 222 g/mol. The van der Waals surface area contributed by atoms with E-state index in [2.05, 4.69) is 20.9 Å². The normalized spacial score (nSPS) is 9.50. The Hall–Kier alpha value is -0.900. The second kappa shape index (κ2) is 4.21. The lowest BCUT2D eigenvalue weighted by Gasteiger charge is -2.03. The summed E-state index contributed by atoms with van der Waals surface area (Å²) in [5.41, 5.74) is 0.472. The van der Waals surface area contributed by atoms with Crippen molar-refractivity contribution in [2.75, 3.05) is 6.61 Å². The van der Waals surface area contributed by atoms with Crippen molar-refractivity contribution >= 4 is 22.2 Å².